The zero-order valence-electron chi connectivity index (χ0n) is 9.96. The third-order valence-electron chi connectivity index (χ3n) is 1.07. The molecule has 0 N–H and O–H groups in total. The van der Waals surface area contributed by atoms with Crippen LogP contribution in [0.1, 0.15) is 13.8 Å². The first kappa shape index (κ1) is 21.0. The van der Waals surface area contributed by atoms with E-state index in [4.69, 9.17) is 0 Å². The fraction of sp³-hybridized carbons (Fsp3) is 0.167. The van der Waals surface area contributed by atoms with Crippen molar-refractivity contribution in [1.29, 1.82) is 0 Å². The largest absolute Gasteiger partial charge is 2.00 e. The molecule has 0 rings (SSSR count). The first-order valence-electron chi connectivity index (χ1n) is 4.55. The van der Waals surface area contributed by atoms with Gasteiger partial charge in [-0.2, -0.15) is 0 Å². The van der Waals surface area contributed by atoms with Crippen LogP contribution in [-0.4, -0.2) is 35.0 Å². The first-order valence-corrected chi connectivity index (χ1v) is 4.55. The molecule has 0 bridgehead atoms. The Morgan fingerprint density at radius 3 is 1.24 bits per heavy atom. The second-order valence-electron chi connectivity index (χ2n) is 2.41. The van der Waals surface area contributed by atoms with Gasteiger partial charge in [0.25, 0.3) is 0 Å². The van der Waals surface area contributed by atoms with Gasteiger partial charge in [-0.1, -0.05) is 36.5 Å². The van der Waals surface area contributed by atoms with Gasteiger partial charge >= 0.3 is 23.1 Å². The van der Waals surface area contributed by atoms with Crippen molar-refractivity contribution >= 4 is 35.0 Å². The summed E-state index contributed by atoms with van der Waals surface area (Å²) in [6.07, 6.45) is 11.5. The second-order valence-corrected chi connectivity index (χ2v) is 2.41. The number of carbonyl (C=O) groups is 2. The zero-order chi connectivity index (χ0) is 12.8. The molecule has 0 aromatic heterocycles. The van der Waals surface area contributed by atoms with Crippen molar-refractivity contribution in [1.82, 2.24) is 0 Å². The number of carboxylic acid groups (broad SMARTS) is 2. The quantitative estimate of drug-likeness (QED) is 0.375. The van der Waals surface area contributed by atoms with Gasteiger partial charge < -0.3 is 19.8 Å². The number of carbonyl (C=O) groups excluding carboxylic acids is 2. The first-order chi connectivity index (χ1) is 7.54. The summed E-state index contributed by atoms with van der Waals surface area (Å²) in [7, 11) is 0. The van der Waals surface area contributed by atoms with Crippen LogP contribution in [0, 0.1) is 0 Å². The fourth-order valence-electron chi connectivity index (χ4n) is 0.490. The Bertz CT molecular complexity index is 282. The molecule has 0 atom stereocenters. The van der Waals surface area contributed by atoms with Gasteiger partial charge in [-0.05, 0) is 26.0 Å². The maximum absolute atomic E-state index is 9.64. The molecule has 0 saturated heterocycles. The van der Waals surface area contributed by atoms with E-state index in [1.807, 2.05) is 0 Å². The molecule has 0 radical (unpaired) electrons. The Morgan fingerprint density at radius 1 is 0.765 bits per heavy atom. The van der Waals surface area contributed by atoms with Crippen molar-refractivity contribution in [2.45, 2.75) is 13.8 Å². The Labute approximate surface area is 117 Å². The van der Waals surface area contributed by atoms with Crippen LogP contribution in [0.5, 0.6) is 0 Å². The van der Waals surface area contributed by atoms with Gasteiger partial charge in [0.2, 0.25) is 0 Å². The van der Waals surface area contributed by atoms with E-state index in [1.54, 1.807) is 38.2 Å². The van der Waals surface area contributed by atoms with E-state index < -0.39 is 11.9 Å². The maximum Gasteiger partial charge on any atom is 2.00 e. The van der Waals surface area contributed by atoms with E-state index in [0.717, 1.165) is 12.2 Å². The van der Waals surface area contributed by atoms with Crippen molar-refractivity contribution in [3.8, 4) is 0 Å². The summed E-state index contributed by atoms with van der Waals surface area (Å²) in [5.74, 6) is -2.33. The molecule has 0 aliphatic carbocycles. The van der Waals surface area contributed by atoms with E-state index in [0.29, 0.717) is 0 Å². The maximum atomic E-state index is 9.64. The molecule has 0 amide bonds. The van der Waals surface area contributed by atoms with Crippen LogP contribution in [0.3, 0.4) is 0 Å². The van der Waals surface area contributed by atoms with E-state index in [1.165, 1.54) is 12.2 Å². The number of aliphatic carboxylic acids is 2. The topological polar surface area (TPSA) is 80.3 Å². The molecule has 0 unspecified atom stereocenters. The standard InChI is InChI=1S/2C6H8O2.Mg/c2*1-2-3-4-5-6(7)8;/h2*2-5H,1H3,(H,7,8);/q;;+2/p-2/b2*3-2+,5-4+;. The van der Waals surface area contributed by atoms with Gasteiger partial charge in [0.15, 0.2) is 0 Å². The smallest absolute Gasteiger partial charge is 0.545 e. The summed E-state index contributed by atoms with van der Waals surface area (Å²) >= 11 is 0. The van der Waals surface area contributed by atoms with Crippen LogP contribution >= 0.6 is 0 Å². The molecule has 0 fully saturated rings. The number of hydrogen-bond donors (Lipinski definition) is 0. The third kappa shape index (κ3) is 31.3. The van der Waals surface area contributed by atoms with Crippen LogP contribution in [0.25, 0.3) is 0 Å². The predicted octanol–water partition coefficient (Wildman–Crippen LogP) is -0.644. The van der Waals surface area contributed by atoms with Crippen LogP contribution in [0.4, 0.5) is 0 Å². The summed E-state index contributed by atoms with van der Waals surface area (Å²) < 4.78 is 0. The summed E-state index contributed by atoms with van der Waals surface area (Å²) in [5, 5.41) is 19.3. The molecule has 0 aliphatic rings. The molecular weight excluding hydrogens is 232 g/mol. The predicted molar refractivity (Wildman–Crippen MR) is 63.7 cm³/mol. The van der Waals surface area contributed by atoms with Crippen molar-refractivity contribution < 1.29 is 19.8 Å². The van der Waals surface area contributed by atoms with E-state index in [2.05, 4.69) is 0 Å². The summed E-state index contributed by atoms with van der Waals surface area (Å²) in [6, 6.07) is 0. The summed E-state index contributed by atoms with van der Waals surface area (Å²) in [6.45, 7) is 3.61. The normalized spacial score (nSPS) is 10.5. The average Bonchev–Trinajstić information content (AvgIpc) is 2.18. The molecule has 0 aromatic rings. The number of rotatable bonds is 4. The Morgan fingerprint density at radius 2 is 1.06 bits per heavy atom. The molecule has 17 heavy (non-hydrogen) atoms. The Balaban J connectivity index is -0.000000218. The molecule has 5 heteroatoms. The van der Waals surface area contributed by atoms with Gasteiger partial charge in [0.05, 0.1) is 11.9 Å². The molecular formula is C12H14MgO4. The fourth-order valence-corrected chi connectivity index (χ4v) is 0.490. The third-order valence-corrected chi connectivity index (χ3v) is 1.07. The second kappa shape index (κ2) is 17.1. The van der Waals surface area contributed by atoms with Crippen molar-refractivity contribution in [2.24, 2.45) is 0 Å². The van der Waals surface area contributed by atoms with E-state index in [9.17, 15) is 19.8 Å². The molecule has 0 aromatic carbocycles. The Hall–Kier alpha value is -1.33. The van der Waals surface area contributed by atoms with E-state index in [-0.39, 0.29) is 23.1 Å². The van der Waals surface area contributed by atoms with Gasteiger partial charge in [-0.15, -0.1) is 0 Å². The number of hydrogen-bond acceptors (Lipinski definition) is 4. The molecule has 4 nitrogen and oxygen atoms in total. The van der Waals surface area contributed by atoms with Crippen molar-refractivity contribution in [3.63, 3.8) is 0 Å². The average molecular weight is 247 g/mol. The summed E-state index contributed by atoms with van der Waals surface area (Å²) in [4.78, 5) is 19.3. The number of allylic oxidation sites excluding steroid dienone is 6. The minimum atomic E-state index is -1.16. The number of carboxylic acids is 2. The van der Waals surface area contributed by atoms with Crippen LogP contribution in [0.2, 0.25) is 0 Å². The minimum absolute atomic E-state index is 0. The zero-order valence-corrected chi connectivity index (χ0v) is 11.4. The van der Waals surface area contributed by atoms with E-state index >= 15 is 0 Å². The van der Waals surface area contributed by atoms with Gasteiger partial charge in [0.1, 0.15) is 0 Å². The van der Waals surface area contributed by atoms with Gasteiger partial charge in [0, 0.05) is 0 Å². The molecule has 88 valence electrons. The minimum Gasteiger partial charge on any atom is -0.545 e. The van der Waals surface area contributed by atoms with Gasteiger partial charge in [-0.25, -0.2) is 0 Å². The SMILES string of the molecule is C/C=C/C=C/C(=O)[O-].C/C=C/C=C/C(=O)[O-].[Mg+2]. The van der Waals surface area contributed by atoms with Crippen LogP contribution in [0.15, 0.2) is 48.6 Å². The molecule has 0 saturated carbocycles. The van der Waals surface area contributed by atoms with Crippen molar-refractivity contribution in [2.75, 3.05) is 0 Å². The monoisotopic (exact) mass is 246 g/mol. The molecule has 0 aliphatic heterocycles. The van der Waals surface area contributed by atoms with Crippen molar-refractivity contribution in [3.05, 3.63) is 48.6 Å². The summed E-state index contributed by atoms with van der Waals surface area (Å²) in [5.41, 5.74) is 0. The van der Waals surface area contributed by atoms with Crippen LogP contribution in [-0.2, 0) is 9.59 Å². The molecule has 0 spiro atoms. The Kier molecular flexibility index (Phi) is 21.1. The van der Waals surface area contributed by atoms with Crippen LogP contribution < -0.4 is 10.2 Å². The van der Waals surface area contributed by atoms with Gasteiger partial charge in [-0.3, -0.25) is 0 Å². The molecule has 0 heterocycles.